The minimum Gasteiger partial charge on any atom is -0.456 e. The van der Waals surface area contributed by atoms with Crippen LogP contribution in [0.1, 0.15) is 0 Å². The molecule has 14 rings (SSSR count). The molecule has 0 saturated heterocycles. The summed E-state index contributed by atoms with van der Waals surface area (Å²) in [6, 6.07) is 67.9. The molecule has 9 aromatic carbocycles. The van der Waals surface area contributed by atoms with Crippen molar-refractivity contribution in [2.45, 2.75) is 0 Å². The molecule has 0 atom stereocenters. The van der Waals surface area contributed by atoms with Gasteiger partial charge in [-0.1, -0.05) is 146 Å². The zero-order valence-corrected chi connectivity index (χ0v) is 33.6. The van der Waals surface area contributed by atoms with Gasteiger partial charge >= 0.3 is 0 Å². The molecule has 0 aliphatic rings. The topological polar surface area (TPSA) is 69.4 Å². The van der Waals surface area contributed by atoms with E-state index in [1.807, 2.05) is 66.7 Å². The minimum atomic E-state index is 0.554. The van der Waals surface area contributed by atoms with Crippen LogP contribution in [0.25, 0.3) is 138 Å². The number of aromatic nitrogens is 4. The van der Waals surface area contributed by atoms with Gasteiger partial charge in [0.2, 0.25) is 0 Å². The fourth-order valence-electron chi connectivity index (χ4n) is 10.0. The van der Waals surface area contributed by atoms with Crippen molar-refractivity contribution < 1.29 is 8.83 Å². The summed E-state index contributed by atoms with van der Waals surface area (Å²) in [5, 5.41) is 9.22. The number of benzene rings is 9. The maximum Gasteiger partial charge on any atom is 0.167 e. The molecule has 292 valence electrons. The van der Waals surface area contributed by atoms with Crippen LogP contribution in [0.5, 0.6) is 0 Å². The second-order valence-electron chi connectivity index (χ2n) is 16.3. The van der Waals surface area contributed by atoms with Crippen LogP contribution in [0.2, 0.25) is 0 Å². The molecule has 0 saturated carbocycles. The molecule has 0 unspecified atom stereocenters. The van der Waals surface area contributed by atoms with Crippen LogP contribution in [-0.4, -0.2) is 19.4 Å². The van der Waals surface area contributed by atoms with Gasteiger partial charge in [-0.25, -0.2) is 15.0 Å². The Labute approximate surface area is 359 Å². The van der Waals surface area contributed by atoms with Gasteiger partial charge in [0, 0.05) is 59.8 Å². The van der Waals surface area contributed by atoms with Crippen LogP contribution >= 0.6 is 0 Å². The molecule has 0 spiro atoms. The lowest BCUT2D eigenvalue weighted by molar-refractivity contribution is 0.669. The van der Waals surface area contributed by atoms with Gasteiger partial charge in [-0.2, -0.15) is 0 Å². The summed E-state index contributed by atoms with van der Waals surface area (Å²) in [4.78, 5) is 15.3. The van der Waals surface area contributed by atoms with Gasteiger partial charge in [0.05, 0.1) is 22.1 Å². The van der Waals surface area contributed by atoms with Crippen molar-refractivity contribution in [1.29, 1.82) is 0 Å². The largest absolute Gasteiger partial charge is 0.456 e. The first-order valence-electron chi connectivity index (χ1n) is 21.2. The average molecular weight is 805 g/mol. The molecule has 14 aromatic rings. The standard InChI is InChI=1S/C57H32N4O2/c1-2-13-34(14-3-1)55-58-56(60-57(59-55)43-20-12-19-41-40-17-6-10-23-48(40)63-54(41)43)35-27-25-33(26-28-35)37-29-30-50-52(42-18-7-11-24-49(42)62-50)51(37)36-31-44-38-15-4-8-21-46(38)61-47-22-9-5-16-39(47)45(32-36)53(44)61/h1-32H. The average Bonchev–Trinajstić information content (AvgIpc) is 4.11. The number of rotatable bonds is 5. The van der Waals surface area contributed by atoms with Crippen LogP contribution in [0, 0.1) is 0 Å². The summed E-state index contributed by atoms with van der Waals surface area (Å²) >= 11 is 0. The zero-order valence-electron chi connectivity index (χ0n) is 33.6. The normalized spacial score (nSPS) is 12.1. The Morgan fingerprint density at radius 2 is 0.889 bits per heavy atom. The molecule has 6 heteroatoms. The van der Waals surface area contributed by atoms with Crippen molar-refractivity contribution in [2.75, 3.05) is 0 Å². The first-order chi connectivity index (χ1) is 31.2. The van der Waals surface area contributed by atoms with Crippen LogP contribution in [0.15, 0.2) is 203 Å². The number of hydrogen-bond acceptors (Lipinski definition) is 5. The number of hydrogen-bond donors (Lipinski definition) is 0. The summed E-state index contributed by atoms with van der Waals surface area (Å²) in [5.74, 6) is 1.73. The van der Waals surface area contributed by atoms with E-state index in [1.165, 1.54) is 38.1 Å². The second kappa shape index (κ2) is 12.9. The van der Waals surface area contributed by atoms with Crippen LogP contribution < -0.4 is 0 Å². The Balaban J connectivity index is 0.977. The SMILES string of the molecule is c1ccc(-c2nc(-c3ccc(-c4ccc5oc6ccccc6c5c4-c4cc5c6ccccc6n6c7ccccc7c(c4)c56)cc3)nc(-c3cccc4c3oc3ccccc34)n2)cc1. The Morgan fingerprint density at radius 1 is 0.333 bits per heavy atom. The van der Waals surface area contributed by atoms with E-state index in [2.05, 4.69) is 132 Å². The maximum absolute atomic E-state index is 6.55. The van der Waals surface area contributed by atoms with Crippen molar-refractivity contribution in [3.05, 3.63) is 194 Å². The van der Waals surface area contributed by atoms with Crippen molar-refractivity contribution in [3.8, 4) is 56.4 Å². The van der Waals surface area contributed by atoms with Crippen LogP contribution in [-0.2, 0) is 0 Å². The van der Waals surface area contributed by atoms with Crippen molar-refractivity contribution in [2.24, 2.45) is 0 Å². The lowest BCUT2D eigenvalue weighted by Gasteiger charge is -2.14. The highest BCUT2D eigenvalue weighted by atomic mass is 16.3. The van der Waals surface area contributed by atoms with Crippen LogP contribution in [0.4, 0.5) is 0 Å². The molecule has 0 aliphatic carbocycles. The predicted octanol–water partition coefficient (Wildman–Crippen LogP) is 15.2. The van der Waals surface area contributed by atoms with Gasteiger partial charge in [0.1, 0.15) is 22.3 Å². The molecule has 0 aliphatic heterocycles. The molecule has 5 aromatic heterocycles. The monoisotopic (exact) mass is 804 g/mol. The summed E-state index contributed by atoms with van der Waals surface area (Å²) in [7, 11) is 0. The van der Waals surface area contributed by atoms with E-state index in [-0.39, 0.29) is 0 Å². The summed E-state index contributed by atoms with van der Waals surface area (Å²) in [6.07, 6.45) is 0. The highest BCUT2D eigenvalue weighted by Crippen LogP contribution is 2.47. The van der Waals surface area contributed by atoms with Crippen molar-refractivity contribution in [3.63, 3.8) is 0 Å². The lowest BCUT2D eigenvalue weighted by atomic mass is 9.89. The smallest absolute Gasteiger partial charge is 0.167 e. The fraction of sp³-hybridized carbons (Fsp3) is 0. The molecule has 0 bridgehead atoms. The predicted molar refractivity (Wildman–Crippen MR) is 256 cm³/mol. The Morgan fingerprint density at radius 3 is 1.60 bits per heavy atom. The molecule has 5 heterocycles. The summed E-state index contributed by atoms with van der Waals surface area (Å²) < 4.78 is 15.4. The lowest BCUT2D eigenvalue weighted by Crippen LogP contribution is -2.00. The van der Waals surface area contributed by atoms with E-state index in [0.29, 0.717) is 17.5 Å². The molecule has 63 heavy (non-hydrogen) atoms. The van der Waals surface area contributed by atoms with E-state index >= 15 is 0 Å². The van der Waals surface area contributed by atoms with Gasteiger partial charge < -0.3 is 13.2 Å². The summed E-state index contributed by atoms with van der Waals surface area (Å²) in [5.41, 5.74) is 14.1. The molecule has 0 radical (unpaired) electrons. The zero-order chi connectivity index (χ0) is 41.2. The number of para-hydroxylation sites is 5. The van der Waals surface area contributed by atoms with Gasteiger partial charge in [-0.15, -0.1) is 0 Å². The molecule has 0 amide bonds. The first-order valence-corrected chi connectivity index (χ1v) is 21.2. The Bertz CT molecular complexity index is 4060. The van der Waals surface area contributed by atoms with E-state index < -0.39 is 0 Å². The highest BCUT2D eigenvalue weighted by Gasteiger charge is 2.23. The highest BCUT2D eigenvalue weighted by molar-refractivity contribution is 6.26. The van der Waals surface area contributed by atoms with E-state index in [0.717, 1.165) is 82.8 Å². The number of fused-ring (bicyclic) bond motifs is 12. The third kappa shape index (κ3) is 4.97. The first kappa shape index (κ1) is 34.1. The minimum absolute atomic E-state index is 0.554. The number of furan rings is 2. The van der Waals surface area contributed by atoms with Gasteiger partial charge in [0.15, 0.2) is 17.5 Å². The van der Waals surface area contributed by atoms with E-state index in [1.54, 1.807) is 0 Å². The maximum atomic E-state index is 6.55. The van der Waals surface area contributed by atoms with Gasteiger partial charge in [-0.05, 0) is 65.2 Å². The third-order valence-corrected chi connectivity index (χ3v) is 12.8. The van der Waals surface area contributed by atoms with Gasteiger partial charge in [0.25, 0.3) is 0 Å². The molecular formula is C57H32N4O2. The van der Waals surface area contributed by atoms with Crippen LogP contribution in [0.3, 0.4) is 0 Å². The quantitative estimate of drug-likeness (QED) is 0.173. The van der Waals surface area contributed by atoms with Crippen molar-refractivity contribution >= 4 is 82.0 Å². The molecular weight excluding hydrogens is 773 g/mol. The summed E-state index contributed by atoms with van der Waals surface area (Å²) in [6.45, 7) is 0. The van der Waals surface area contributed by atoms with Crippen molar-refractivity contribution in [1.82, 2.24) is 19.4 Å². The second-order valence-corrected chi connectivity index (χ2v) is 16.3. The third-order valence-electron chi connectivity index (χ3n) is 12.8. The molecule has 0 N–H and O–H groups in total. The molecule has 6 nitrogen and oxygen atoms in total. The Kier molecular flexibility index (Phi) is 7.02. The fourth-order valence-corrected chi connectivity index (χ4v) is 10.0. The van der Waals surface area contributed by atoms with E-state index in [9.17, 15) is 0 Å². The van der Waals surface area contributed by atoms with Gasteiger partial charge in [-0.3, -0.25) is 0 Å². The van der Waals surface area contributed by atoms with E-state index in [4.69, 9.17) is 23.8 Å². The number of nitrogens with zero attached hydrogens (tertiary/aromatic N) is 4. The molecule has 0 fully saturated rings. The Hall–Kier alpha value is -8.61.